The number of anilines is 1. The van der Waals surface area contributed by atoms with Crippen molar-refractivity contribution in [3.05, 3.63) is 30.5 Å². The standard InChI is InChI=1S/C17H23N3O.ClH/c18-12-17(7-2-1-3-8-17)11-16(21)20-14-4-5-15-13(10-14)6-9-19-15;/h4-6,9-10,19H,1-3,7-8,11-12,18H2,(H,20,21);1H. The first kappa shape index (κ1) is 16.8. The van der Waals surface area contributed by atoms with Crippen molar-refractivity contribution in [2.45, 2.75) is 38.5 Å². The predicted octanol–water partition coefficient (Wildman–Crippen LogP) is 3.83. The molecule has 1 aromatic carbocycles. The highest BCUT2D eigenvalue weighted by Crippen LogP contribution is 2.38. The topological polar surface area (TPSA) is 70.9 Å². The van der Waals surface area contributed by atoms with E-state index in [-0.39, 0.29) is 23.7 Å². The van der Waals surface area contributed by atoms with Crippen LogP contribution in [0.3, 0.4) is 0 Å². The number of nitrogens with two attached hydrogens (primary N) is 1. The Bertz CT molecular complexity index is 632. The highest BCUT2D eigenvalue weighted by Gasteiger charge is 2.32. The Labute approximate surface area is 137 Å². The monoisotopic (exact) mass is 321 g/mol. The fourth-order valence-electron chi connectivity index (χ4n) is 3.43. The lowest BCUT2D eigenvalue weighted by atomic mass is 9.71. The number of fused-ring (bicyclic) bond motifs is 1. The molecule has 0 bridgehead atoms. The predicted molar refractivity (Wildman–Crippen MR) is 93.4 cm³/mol. The number of carbonyl (C=O) groups is 1. The van der Waals surface area contributed by atoms with Crippen LogP contribution in [0.4, 0.5) is 5.69 Å². The molecular weight excluding hydrogens is 298 g/mol. The SMILES string of the molecule is Cl.NCC1(CC(=O)Nc2ccc3[nH]ccc3c2)CCCCC1. The van der Waals surface area contributed by atoms with Crippen LogP contribution in [0.25, 0.3) is 10.9 Å². The third kappa shape index (κ3) is 3.62. The molecule has 1 fully saturated rings. The molecule has 2 aromatic rings. The van der Waals surface area contributed by atoms with Crippen LogP contribution in [-0.2, 0) is 4.79 Å². The van der Waals surface area contributed by atoms with Crippen molar-refractivity contribution in [2.75, 3.05) is 11.9 Å². The van der Waals surface area contributed by atoms with Gasteiger partial charge >= 0.3 is 0 Å². The lowest BCUT2D eigenvalue weighted by Crippen LogP contribution is -2.36. The average molecular weight is 322 g/mol. The van der Waals surface area contributed by atoms with Gasteiger partial charge in [-0.05, 0) is 49.1 Å². The first-order valence-corrected chi connectivity index (χ1v) is 7.78. The highest BCUT2D eigenvalue weighted by atomic mass is 35.5. The fourth-order valence-corrected chi connectivity index (χ4v) is 3.43. The summed E-state index contributed by atoms with van der Waals surface area (Å²) in [4.78, 5) is 15.5. The van der Waals surface area contributed by atoms with Crippen LogP contribution >= 0.6 is 12.4 Å². The third-order valence-electron chi connectivity index (χ3n) is 4.72. The minimum Gasteiger partial charge on any atom is -0.361 e. The number of halogens is 1. The van der Waals surface area contributed by atoms with Gasteiger partial charge in [0, 0.05) is 29.2 Å². The van der Waals surface area contributed by atoms with Crippen LogP contribution in [0, 0.1) is 5.41 Å². The Morgan fingerprint density at radius 1 is 1.23 bits per heavy atom. The summed E-state index contributed by atoms with van der Waals surface area (Å²) in [5.41, 5.74) is 7.91. The van der Waals surface area contributed by atoms with Crippen molar-refractivity contribution in [3.8, 4) is 0 Å². The van der Waals surface area contributed by atoms with E-state index in [1.54, 1.807) is 0 Å². The number of nitrogens with one attached hydrogen (secondary N) is 2. The minimum atomic E-state index is 0. The second kappa shape index (κ2) is 7.16. The van der Waals surface area contributed by atoms with E-state index in [0.717, 1.165) is 29.4 Å². The minimum absolute atomic E-state index is 0. The van der Waals surface area contributed by atoms with E-state index in [1.165, 1.54) is 19.3 Å². The molecule has 22 heavy (non-hydrogen) atoms. The van der Waals surface area contributed by atoms with Gasteiger partial charge in [-0.1, -0.05) is 19.3 Å². The second-order valence-corrected chi connectivity index (χ2v) is 6.27. The van der Waals surface area contributed by atoms with Gasteiger partial charge in [0.15, 0.2) is 0 Å². The molecule has 5 heteroatoms. The summed E-state index contributed by atoms with van der Waals surface area (Å²) in [6.07, 6.45) is 8.25. The molecule has 1 aliphatic carbocycles. The second-order valence-electron chi connectivity index (χ2n) is 6.27. The van der Waals surface area contributed by atoms with Crippen molar-refractivity contribution < 1.29 is 4.79 Å². The summed E-state index contributed by atoms with van der Waals surface area (Å²) >= 11 is 0. The normalized spacial score (nSPS) is 17.0. The van der Waals surface area contributed by atoms with Crippen LogP contribution in [0.15, 0.2) is 30.5 Å². The Morgan fingerprint density at radius 3 is 2.73 bits per heavy atom. The zero-order chi connectivity index (χ0) is 14.7. The quantitative estimate of drug-likeness (QED) is 0.801. The molecule has 1 aliphatic rings. The number of benzene rings is 1. The molecule has 1 amide bonds. The molecule has 0 atom stereocenters. The summed E-state index contributed by atoms with van der Waals surface area (Å²) in [5.74, 6) is 0.0808. The molecule has 0 unspecified atom stereocenters. The fraction of sp³-hybridized carbons (Fsp3) is 0.471. The van der Waals surface area contributed by atoms with Crippen molar-refractivity contribution in [2.24, 2.45) is 11.1 Å². The first-order valence-electron chi connectivity index (χ1n) is 7.78. The molecule has 4 N–H and O–H groups in total. The molecule has 1 aromatic heterocycles. The summed E-state index contributed by atoms with van der Waals surface area (Å²) in [6.45, 7) is 0.608. The van der Waals surface area contributed by atoms with Gasteiger partial charge < -0.3 is 16.0 Å². The van der Waals surface area contributed by atoms with Crippen LogP contribution in [0.5, 0.6) is 0 Å². The third-order valence-corrected chi connectivity index (χ3v) is 4.72. The summed E-state index contributed by atoms with van der Waals surface area (Å²) in [5, 5.41) is 4.13. The number of H-pyrrole nitrogens is 1. The highest BCUT2D eigenvalue weighted by molar-refractivity contribution is 5.94. The van der Waals surface area contributed by atoms with Crippen molar-refractivity contribution in [1.82, 2.24) is 4.98 Å². The zero-order valence-electron chi connectivity index (χ0n) is 12.7. The lowest BCUT2D eigenvalue weighted by molar-refractivity contribution is -0.118. The van der Waals surface area contributed by atoms with Crippen LogP contribution in [0.1, 0.15) is 38.5 Å². The van der Waals surface area contributed by atoms with Crippen LogP contribution in [-0.4, -0.2) is 17.4 Å². The Kier molecular flexibility index (Phi) is 5.48. The maximum absolute atomic E-state index is 12.3. The molecular formula is C17H24ClN3O. The van der Waals surface area contributed by atoms with Gasteiger partial charge in [-0.15, -0.1) is 12.4 Å². The van der Waals surface area contributed by atoms with Crippen molar-refractivity contribution in [1.29, 1.82) is 0 Å². The van der Waals surface area contributed by atoms with Gasteiger partial charge in [-0.3, -0.25) is 4.79 Å². The molecule has 1 saturated carbocycles. The number of aromatic amines is 1. The lowest BCUT2D eigenvalue weighted by Gasteiger charge is -2.35. The number of amides is 1. The van der Waals surface area contributed by atoms with E-state index < -0.39 is 0 Å². The number of carbonyl (C=O) groups excluding carboxylic acids is 1. The number of hydrogen-bond donors (Lipinski definition) is 3. The van der Waals surface area contributed by atoms with E-state index in [4.69, 9.17) is 5.73 Å². The van der Waals surface area contributed by atoms with Crippen LogP contribution in [0.2, 0.25) is 0 Å². The van der Waals surface area contributed by atoms with E-state index in [1.807, 2.05) is 30.5 Å². The van der Waals surface area contributed by atoms with Gasteiger partial charge in [0.05, 0.1) is 0 Å². The van der Waals surface area contributed by atoms with Crippen LogP contribution < -0.4 is 11.1 Å². The van der Waals surface area contributed by atoms with E-state index in [2.05, 4.69) is 10.3 Å². The molecule has 0 radical (unpaired) electrons. The Hall–Kier alpha value is -1.52. The first-order chi connectivity index (χ1) is 10.2. The average Bonchev–Trinajstić information content (AvgIpc) is 2.95. The van der Waals surface area contributed by atoms with E-state index >= 15 is 0 Å². The van der Waals surface area contributed by atoms with E-state index in [0.29, 0.717) is 13.0 Å². The number of rotatable bonds is 4. The van der Waals surface area contributed by atoms with Gasteiger partial charge in [0.1, 0.15) is 0 Å². The molecule has 1 heterocycles. The number of hydrogen-bond acceptors (Lipinski definition) is 2. The molecule has 3 rings (SSSR count). The number of aromatic nitrogens is 1. The molecule has 120 valence electrons. The maximum Gasteiger partial charge on any atom is 0.224 e. The van der Waals surface area contributed by atoms with Gasteiger partial charge in [0.25, 0.3) is 0 Å². The Morgan fingerprint density at radius 2 is 2.00 bits per heavy atom. The largest absolute Gasteiger partial charge is 0.361 e. The molecule has 4 nitrogen and oxygen atoms in total. The summed E-state index contributed by atoms with van der Waals surface area (Å²) in [7, 11) is 0. The van der Waals surface area contributed by atoms with Gasteiger partial charge in [-0.2, -0.15) is 0 Å². The molecule has 0 spiro atoms. The van der Waals surface area contributed by atoms with Crippen molar-refractivity contribution in [3.63, 3.8) is 0 Å². The van der Waals surface area contributed by atoms with Gasteiger partial charge in [0.2, 0.25) is 5.91 Å². The maximum atomic E-state index is 12.3. The Balaban J connectivity index is 0.00000176. The smallest absolute Gasteiger partial charge is 0.224 e. The summed E-state index contributed by atoms with van der Waals surface area (Å²) < 4.78 is 0. The van der Waals surface area contributed by atoms with Gasteiger partial charge in [-0.25, -0.2) is 0 Å². The van der Waals surface area contributed by atoms with Crippen molar-refractivity contribution >= 4 is 34.9 Å². The molecule has 0 aliphatic heterocycles. The zero-order valence-corrected chi connectivity index (χ0v) is 13.5. The summed E-state index contributed by atoms with van der Waals surface area (Å²) in [6, 6.07) is 7.93. The van der Waals surface area contributed by atoms with E-state index in [9.17, 15) is 4.79 Å². The molecule has 0 saturated heterocycles.